The van der Waals surface area contributed by atoms with Gasteiger partial charge in [-0.3, -0.25) is 4.98 Å². The van der Waals surface area contributed by atoms with E-state index in [2.05, 4.69) is 55.2 Å². The van der Waals surface area contributed by atoms with Crippen LogP contribution in [-0.4, -0.2) is 11.6 Å². The first-order valence-corrected chi connectivity index (χ1v) is 15.5. The lowest BCUT2D eigenvalue weighted by molar-refractivity contribution is 0.248. The van der Waals surface area contributed by atoms with E-state index in [0.29, 0.717) is 0 Å². The fourth-order valence-electron chi connectivity index (χ4n) is 5.77. The Balaban J connectivity index is 1.30. The van der Waals surface area contributed by atoms with Crippen molar-refractivity contribution < 1.29 is 4.74 Å². The molecule has 0 N–H and O–H groups in total. The third kappa shape index (κ3) is 11.1. The molecule has 2 heteroatoms. The van der Waals surface area contributed by atoms with Gasteiger partial charge in [0.2, 0.25) is 0 Å². The van der Waals surface area contributed by atoms with Gasteiger partial charge in [0.05, 0.1) is 18.5 Å². The van der Waals surface area contributed by atoms with Crippen LogP contribution in [0.2, 0.25) is 0 Å². The molecule has 36 heavy (non-hydrogen) atoms. The minimum absolute atomic E-state index is 0.792. The molecule has 3 rings (SSSR count). The normalized spacial score (nSPS) is 17.8. The topological polar surface area (TPSA) is 22.1 Å². The zero-order valence-corrected chi connectivity index (χ0v) is 23.5. The van der Waals surface area contributed by atoms with E-state index in [1.807, 2.05) is 6.20 Å². The number of ether oxygens (including phenoxy) is 1. The first kappa shape index (κ1) is 28.7. The van der Waals surface area contributed by atoms with Gasteiger partial charge in [-0.25, -0.2) is 0 Å². The molecule has 0 bridgehead atoms. The Hall–Kier alpha value is -1.83. The van der Waals surface area contributed by atoms with Crippen molar-refractivity contribution in [1.82, 2.24) is 4.98 Å². The van der Waals surface area contributed by atoms with Gasteiger partial charge in [0.15, 0.2) is 0 Å². The van der Waals surface area contributed by atoms with E-state index in [0.717, 1.165) is 36.3 Å². The lowest BCUT2D eigenvalue weighted by Crippen LogP contribution is -2.15. The third-order valence-corrected chi connectivity index (χ3v) is 8.28. The number of rotatable bonds is 18. The molecule has 0 amide bonds. The standard InChI is InChI=1S/C34H53NO/c1-3-5-7-9-10-12-14-29-15-17-30(18-16-29)19-20-31-21-23-32(24-22-31)34-26-25-33(28-35-34)36-27-13-11-8-6-4-2/h21-26,28-30H,3-20,27H2,1-2H3. The largest absolute Gasteiger partial charge is 0.492 e. The lowest BCUT2D eigenvalue weighted by Gasteiger charge is -2.28. The SMILES string of the molecule is CCCCCCCCC1CCC(CCc2ccc(-c3ccc(OCCCCCCC)cn3)cc2)CC1. The smallest absolute Gasteiger partial charge is 0.137 e. The van der Waals surface area contributed by atoms with Gasteiger partial charge in [-0.15, -0.1) is 0 Å². The number of aromatic nitrogens is 1. The number of benzene rings is 1. The summed E-state index contributed by atoms with van der Waals surface area (Å²) < 4.78 is 5.87. The molecule has 1 aliphatic rings. The molecular weight excluding hydrogens is 438 g/mol. The molecule has 1 aromatic carbocycles. The summed E-state index contributed by atoms with van der Waals surface area (Å²) >= 11 is 0. The van der Waals surface area contributed by atoms with Gasteiger partial charge in [-0.05, 0) is 48.8 Å². The molecular formula is C34H53NO. The van der Waals surface area contributed by atoms with Crippen LogP contribution in [0.4, 0.5) is 0 Å². The first-order chi connectivity index (χ1) is 17.8. The molecule has 0 unspecified atom stereocenters. The highest BCUT2D eigenvalue weighted by atomic mass is 16.5. The molecule has 2 nitrogen and oxygen atoms in total. The van der Waals surface area contributed by atoms with E-state index in [1.54, 1.807) is 0 Å². The van der Waals surface area contributed by atoms with Crippen LogP contribution in [0.25, 0.3) is 11.3 Å². The first-order valence-electron chi connectivity index (χ1n) is 15.5. The number of aryl methyl sites for hydroxylation is 1. The van der Waals surface area contributed by atoms with Crippen molar-refractivity contribution in [2.75, 3.05) is 6.61 Å². The van der Waals surface area contributed by atoms with Crippen LogP contribution in [0, 0.1) is 11.8 Å². The van der Waals surface area contributed by atoms with Gasteiger partial charge in [-0.2, -0.15) is 0 Å². The van der Waals surface area contributed by atoms with E-state index in [4.69, 9.17) is 4.74 Å². The van der Waals surface area contributed by atoms with Crippen LogP contribution in [0.15, 0.2) is 42.6 Å². The monoisotopic (exact) mass is 491 g/mol. The summed E-state index contributed by atoms with van der Waals surface area (Å²) in [5, 5.41) is 0. The molecule has 1 fully saturated rings. The van der Waals surface area contributed by atoms with Crippen molar-refractivity contribution in [3.8, 4) is 17.0 Å². The van der Waals surface area contributed by atoms with Crippen molar-refractivity contribution in [2.45, 2.75) is 129 Å². The number of hydrogen-bond donors (Lipinski definition) is 0. The highest BCUT2D eigenvalue weighted by Crippen LogP contribution is 2.34. The summed E-state index contributed by atoms with van der Waals surface area (Å²) in [6.07, 6.45) is 26.7. The van der Waals surface area contributed by atoms with Crippen LogP contribution in [0.5, 0.6) is 5.75 Å². The van der Waals surface area contributed by atoms with Crippen LogP contribution in [-0.2, 0) is 6.42 Å². The van der Waals surface area contributed by atoms with Crippen LogP contribution in [0.1, 0.15) is 129 Å². The number of hydrogen-bond acceptors (Lipinski definition) is 2. The maximum atomic E-state index is 5.87. The molecule has 0 saturated heterocycles. The second kappa shape index (κ2) is 17.6. The Labute approximate surface area is 222 Å². The van der Waals surface area contributed by atoms with E-state index < -0.39 is 0 Å². The zero-order valence-electron chi connectivity index (χ0n) is 23.5. The average molecular weight is 492 g/mol. The zero-order chi connectivity index (χ0) is 25.3. The molecule has 1 aliphatic carbocycles. The van der Waals surface area contributed by atoms with Gasteiger partial charge < -0.3 is 4.74 Å². The number of pyridine rings is 1. The van der Waals surface area contributed by atoms with Gasteiger partial charge in [0.25, 0.3) is 0 Å². The van der Waals surface area contributed by atoms with Crippen molar-refractivity contribution in [1.29, 1.82) is 0 Å². The van der Waals surface area contributed by atoms with E-state index in [1.165, 1.54) is 120 Å². The molecule has 2 aromatic rings. The fourth-order valence-corrected chi connectivity index (χ4v) is 5.77. The van der Waals surface area contributed by atoms with E-state index >= 15 is 0 Å². The quantitative estimate of drug-likeness (QED) is 0.193. The lowest BCUT2D eigenvalue weighted by atomic mass is 9.77. The van der Waals surface area contributed by atoms with Gasteiger partial charge in [0.1, 0.15) is 5.75 Å². The molecule has 0 radical (unpaired) electrons. The summed E-state index contributed by atoms with van der Waals surface area (Å²) in [5.41, 5.74) is 3.69. The maximum absolute atomic E-state index is 5.87. The molecule has 1 saturated carbocycles. The molecule has 200 valence electrons. The summed E-state index contributed by atoms with van der Waals surface area (Å²) in [6.45, 7) is 5.35. The summed E-state index contributed by atoms with van der Waals surface area (Å²) in [4.78, 5) is 4.65. The summed E-state index contributed by atoms with van der Waals surface area (Å²) in [6, 6.07) is 13.2. The van der Waals surface area contributed by atoms with Crippen molar-refractivity contribution in [3.63, 3.8) is 0 Å². The minimum atomic E-state index is 0.792. The molecule has 0 aliphatic heterocycles. The Morgan fingerprint density at radius 2 is 1.28 bits per heavy atom. The number of unbranched alkanes of at least 4 members (excludes halogenated alkanes) is 9. The molecule has 1 heterocycles. The summed E-state index contributed by atoms with van der Waals surface area (Å²) in [7, 11) is 0. The maximum Gasteiger partial charge on any atom is 0.137 e. The Morgan fingerprint density at radius 3 is 1.92 bits per heavy atom. The second-order valence-electron chi connectivity index (χ2n) is 11.3. The van der Waals surface area contributed by atoms with E-state index in [-0.39, 0.29) is 0 Å². The second-order valence-corrected chi connectivity index (χ2v) is 11.3. The summed E-state index contributed by atoms with van der Waals surface area (Å²) in [5.74, 6) is 2.83. The van der Waals surface area contributed by atoms with Crippen molar-refractivity contribution in [3.05, 3.63) is 48.2 Å². The van der Waals surface area contributed by atoms with Gasteiger partial charge in [0, 0.05) is 5.56 Å². The van der Waals surface area contributed by atoms with Crippen molar-refractivity contribution >= 4 is 0 Å². The Bertz CT molecular complexity index is 789. The predicted octanol–water partition coefficient (Wildman–Crippen LogP) is 10.6. The minimum Gasteiger partial charge on any atom is -0.492 e. The van der Waals surface area contributed by atoms with Gasteiger partial charge in [-0.1, -0.05) is 134 Å². The Kier molecular flexibility index (Phi) is 14.0. The van der Waals surface area contributed by atoms with Crippen LogP contribution in [0.3, 0.4) is 0 Å². The molecule has 0 atom stereocenters. The number of nitrogens with zero attached hydrogens (tertiary/aromatic N) is 1. The fraction of sp³-hybridized carbons (Fsp3) is 0.676. The highest BCUT2D eigenvalue weighted by Gasteiger charge is 2.20. The highest BCUT2D eigenvalue weighted by molar-refractivity contribution is 5.59. The van der Waals surface area contributed by atoms with Crippen LogP contribution >= 0.6 is 0 Å². The van der Waals surface area contributed by atoms with Crippen molar-refractivity contribution in [2.24, 2.45) is 11.8 Å². The Morgan fingerprint density at radius 1 is 0.667 bits per heavy atom. The molecule has 0 spiro atoms. The van der Waals surface area contributed by atoms with Crippen LogP contribution < -0.4 is 4.74 Å². The van der Waals surface area contributed by atoms with Gasteiger partial charge >= 0.3 is 0 Å². The predicted molar refractivity (Wildman–Crippen MR) is 156 cm³/mol. The van der Waals surface area contributed by atoms with E-state index in [9.17, 15) is 0 Å². The average Bonchev–Trinajstić information content (AvgIpc) is 2.93. The molecule has 1 aromatic heterocycles. The third-order valence-electron chi connectivity index (χ3n) is 8.28.